The second-order valence-corrected chi connectivity index (χ2v) is 9.75. The van der Waals surface area contributed by atoms with Crippen molar-refractivity contribution in [3.05, 3.63) is 0 Å². The summed E-state index contributed by atoms with van der Waals surface area (Å²) in [5, 5.41) is 0.457. The highest BCUT2D eigenvalue weighted by Crippen LogP contribution is 2.45. The number of unbranched alkanes of at least 4 members (excludes halogenated alkanes) is 3. The molecular formula is C20H44ClP. The number of halogens is 1. The van der Waals surface area contributed by atoms with Gasteiger partial charge >= 0.3 is 0 Å². The first-order chi connectivity index (χ1) is 9.71. The van der Waals surface area contributed by atoms with Gasteiger partial charge in [0.1, 0.15) is 0 Å². The summed E-state index contributed by atoms with van der Waals surface area (Å²) in [6, 6.07) is 0. The average molecular weight is 351 g/mol. The molecule has 0 heterocycles. The fourth-order valence-corrected chi connectivity index (χ4v) is 5.21. The van der Waals surface area contributed by atoms with E-state index in [-0.39, 0.29) is 12.4 Å². The molecule has 0 bridgehead atoms. The normalized spacial score (nSPS) is 13.8. The van der Waals surface area contributed by atoms with E-state index in [4.69, 9.17) is 0 Å². The summed E-state index contributed by atoms with van der Waals surface area (Å²) in [5.74, 6) is 3.29. The molecule has 0 radical (unpaired) electrons. The first-order valence-electron chi connectivity index (χ1n) is 9.50. The van der Waals surface area contributed by atoms with Gasteiger partial charge in [-0.1, -0.05) is 74.1 Å². The van der Waals surface area contributed by atoms with Crippen molar-refractivity contribution in [2.75, 3.05) is 0 Å². The molecule has 0 amide bonds. The monoisotopic (exact) mass is 350 g/mol. The van der Waals surface area contributed by atoms with E-state index in [1.54, 1.807) is 0 Å². The van der Waals surface area contributed by atoms with Gasteiger partial charge in [-0.25, -0.2) is 0 Å². The van der Waals surface area contributed by atoms with Crippen molar-refractivity contribution >= 4 is 21.6 Å². The lowest BCUT2D eigenvalue weighted by Crippen LogP contribution is -2.35. The smallest absolute Gasteiger partial charge is 0.0117 e. The predicted octanol–water partition coefficient (Wildman–Crippen LogP) is 7.75. The van der Waals surface area contributed by atoms with Gasteiger partial charge in [0.25, 0.3) is 0 Å². The molecule has 0 aliphatic rings. The minimum atomic E-state index is 0. The van der Waals surface area contributed by atoms with Gasteiger partial charge in [0.15, 0.2) is 0 Å². The molecule has 0 aliphatic carbocycles. The molecule has 2 heteroatoms. The van der Waals surface area contributed by atoms with Crippen LogP contribution in [0, 0.1) is 23.7 Å². The SMILES string of the molecule is CCCCCCC(CC(C)C)C(P)(CC(C)C)CC(C)C.Cl. The van der Waals surface area contributed by atoms with E-state index in [1.807, 2.05) is 0 Å². The van der Waals surface area contributed by atoms with Crippen molar-refractivity contribution < 1.29 is 0 Å². The summed E-state index contributed by atoms with van der Waals surface area (Å²) >= 11 is 0. The molecule has 0 saturated heterocycles. The van der Waals surface area contributed by atoms with Gasteiger partial charge in [0, 0.05) is 0 Å². The minimum absolute atomic E-state index is 0. The van der Waals surface area contributed by atoms with Crippen LogP contribution >= 0.6 is 21.6 Å². The van der Waals surface area contributed by atoms with Crippen LogP contribution in [0.3, 0.4) is 0 Å². The van der Waals surface area contributed by atoms with E-state index < -0.39 is 0 Å². The molecule has 0 N–H and O–H groups in total. The maximum atomic E-state index is 3.33. The molecule has 0 aliphatic heterocycles. The van der Waals surface area contributed by atoms with Crippen LogP contribution in [0.5, 0.6) is 0 Å². The van der Waals surface area contributed by atoms with Crippen LogP contribution in [0.1, 0.15) is 99.8 Å². The topological polar surface area (TPSA) is 0 Å². The highest BCUT2D eigenvalue weighted by Gasteiger charge is 2.35. The molecular weight excluding hydrogens is 307 g/mol. The Morgan fingerprint density at radius 2 is 1.27 bits per heavy atom. The second-order valence-electron chi connectivity index (χ2n) is 8.60. The fourth-order valence-electron chi connectivity index (χ4n) is 3.96. The Hall–Kier alpha value is 0.720. The fraction of sp³-hybridized carbons (Fsp3) is 1.00. The molecule has 136 valence electrons. The Morgan fingerprint density at radius 3 is 1.64 bits per heavy atom. The molecule has 0 aromatic carbocycles. The summed E-state index contributed by atoms with van der Waals surface area (Å²) in [7, 11) is 3.33. The number of rotatable bonds is 12. The average Bonchev–Trinajstić information content (AvgIpc) is 2.30. The Bertz CT molecular complexity index is 238. The molecule has 0 spiro atoms. The van der Waals surface area contributed by atoms with Gasteiger partial charge in [-0.2, -0.15) is 0 Å². The highest BCUT2D eigenvalue weighted by atomic mass is 35.5. The Labute approximate surface area is 150 Å². The van der Waals surface area contributed by atoms with Crippen LogP contribution < -0.4 is 0 Å². The maximum absolute atomic E-state index is 3.33. The third kappa shape index (κ3) is 11.3. The summed E-state index contributed by atoms with van der Waals surface area (Å²) in [6.07, 6.45) is 11.2. The highest BCUT2D eigenvalue weighted by molar-refractivity contribution is 7.19. The van der Waals surface area contributed by atoms with Crippen molar-refractivity contribution in [1.82, 2.24) is 0 Å². The van der Waals surface area contributed by atoms with E-state index in [0.29, 0.717) is 5.16 Å². The van der Waals surface area contributed by atoms with E-state index in [2.05, 4.69) is 57.7 Å². The van der Waals surface area contributed by atoms with Gasteiger partial charge in [-0.3, -0.25) is 0 Å². The van der Waals surface area contributed by atoms with Crippen molar-refractivity contribution in [2.24, 2.45) is 23.7 Å². The minimum Gasteiger partial charge on any atom is -0.147 e. The van der Waals surface area contributed by atoms with Crippen LogP contribution in [0.25, 0.3) is 0 Å². The lowest BCUT2D eigenvalue weighted by Gasteiger charge is -2.41. The van der Waals surface area contributed by atoms with Gasteiger partial charge in [-0.15, -0.1) is 21.6 Å². The Balaban J connectivity index is 0. The molecule has 2 atom stereocenters. The van der Waals surface area contributed by atoms with Crippen LogP contribution in [0.4, 0.5) is 0 Å². The molecule has 0 rings (SSSR count). The quantitative estimate of drug-likeness (QED) is 0.249. The lowest BCUT2D eigenvalue weighted by atomic mass is 9.73. The molecule has 0 saturated carbocycles. The Morgan fingerprint density at radius 1 is 0.773 bits per heavy atom. The third-order valence-corrected chi connectivity index (χ3v) is 5.49. The number of hydrogen-bond donors (Lipinski definition) is 0. The number of hydrogen-bond acceptors (Lipinski definition) is 0. The van der Waals surface area contributed by atoms with Crippen molar-refractivity contribution in [2.45, 2.75) is 105 Å². The summed E-state index contributed by atoms with van der Waals surface area (Å²) in [6.45, 7) is 16.7. The third-order valence-electron chi connectivity index (χ3n) is 4.55. The van der Waals surface area contributed by atoms with Crippen LogP contribution in [0.15, 0.2) is 0 Å². The van der Waals surface area contributed by atoms with Crippen molar-refractivity contribution in [3.63, 3.8) is 0 Å². The summed E-state index contributed by atoms with van der Waals surface area (Å²) in [5.41, 5.74) is 0. The standard InChI is InChI=1S/C20H43P.ClH/c1-8-9-10-11-12-19(13-16(2)3)20(21,14-17(4)5)15-18(6)7;/h16-19H,8-15,21H2,1-7H3;1H. The van der Waals surface area contributed by atoms with Crippen LogP contribution in [0.2, 0.25) is 0 Å². The van der Waals surface area contributed by atoms with Crippen LogP contribution in [-0.2, 0) is 0 Å². The maximum Gasteiger partial charge on any atom is -0.0117 e. The van der Waals surface area contributed by atoms with Gasteiger partial charge in [0.05, 0.1) is 0 Å². The summed E-state index contributed by atoms with van der Waals surface area (Å²) < 4.78 is 0. The first-order valence-corrected chi connectivity index (χ1v) is 10.1. The summed E-state index contributed by atoms with van der Waals surface area (Å²) in [4.78, 5) is 0. The zero-order valence-corrected chi connectivity index (χ0v) is 18.4. The molecule has 0 nitrogen and oxygen atoms in total. The van der Waals surface area contributed by atoms with Gasteiger partial charge in [0.2, 0.25) is 0 Å². The van der Waals surface area contributed by atoms with Crippen LogP contribution in [-0.4, -0.2) is 5.16 Å². The predicted molar refractivity (Wildman–Crippen MR) is 110 cm³/mol. The molecule has 0 aromatic heterocycles. The van der Waals surface area contributed by atoms with E-state index in [0.717, 1.165) is 23.7 Å². The van der Waals surface area contributed by atoms with E-state index in [1.165, 1.54) is 51.4 Å². The lowest BCUT2D eigenvalue weighted by molar-refractivity contribution is 0.227. The molecule has 2 unspecified atom stereocenters. The largest absolute Gasteiger partial charge is 0.147 e. The second kappa shape index (κ2) is 13.1. The van der Waals surface area contributed by atoms with E-state index >= 15 is 0 Å². The van der Waals surface area contributed by atoms with E-state index in [9.17, 15) is 0 Å². The molecule has 0 fully saturated rings. The zero-order valence-electron chi connectivity index (χ0n) is 16.5. The van der Waals surface area contributed by atoms with Gasteiger partial charge < -0.3 is 0 Å². The van der Waals surface area contributed by atoms with Gasteiger partial charge in [-0.05, 0) is 54.5 Å². The first kappa shape index (κ1) is 25.0. The molecule has 0 aromatic rings. The van der Waals surface area contributed by atoms with Crippen molar-refractivity contribution in [3.8, 4) is 0 Å². The zero-order chi connectivity index (χ0) is 16.5. The Kier molecular flexibility index (Phi) is 14.8. The molecule has 22 heavy (non-hydrogen) atoms. The van der Waals surface area contributed by atoms with Crippen molar-refractivity contribution in [1.29, 1.82) is 0 Å².